The van der Waals surface area contributed by atoms with Crippen molar-refractivity contribution in [3.05, 3.63) is 93.7 Å². The van der Waals surface area contributed by atoms with Crippen molar-refractivity contribution in [3.8, 4) is 11.5 Å². The van der Waals surface area contributed by atoms with Crippen molar-refractivity contribution in [2.75, 3.05) is 13.1 Å². The van der Waals surface area contributed by atoms with Crippen LogP contribution in [0.1, 0.15) is 53.4 Å². The molecule has 5 nitrogen and oxygen atoms in total. The first kappa shape index (κ1) is 22.8. The first-order valence-corrected chi connectivity index (χ1v) is 14.6. The molecule has 39 heavy (non-hydrogen) atoms. The molecular weight excluding hydrogens is 510 g/mol. The minimum atomic E-state index is -0.543. The molecule has 4 aromatic rings. The van der Waals surface area contributed by atoms with E-state index in [-0.39, 0.29) is 17.9 Å². The van der Waals surface area contributed by atoms with Crippen LogP contribution in [0.5, 0.6) is 11.5 Å². The van der Waals surface area contributed by atoms with Crippen LogP contribution in [-0.4, -0.2) is 34.7 Å². The summed E-state index contributed by atoms with van der Waals surface area (Å²) in [7, 11) is 0. The van der Waals surface area contributed by atoms with E-state index in [0.717, 1.165) is 71.1 Å². The zero-order valence-electron chi connectivity index (χ0n) is 21.7. The molecule has 2 aliphatic heterocycles. The summed E-state index contributed by atoms with van der Waals surface area (Å²) in [4.78, 5) is 2.72. The van der Waals surface area contributed by atoms with Gasteiger partial charge < -0.3 is 19.0 Å². The standard InChI is InChI=1S/C33H30ClNO4/c34-22-5-3-4-20(14-22)18-37-33-16-24-23-6-1-2-7-26(23)38-29(24)31-32(33)12-13-35(17-19-8-9-19)27(33)15-21-10-11-25(36)30(39-31)28(21)32/h1-7,10-11,14,19,27,31,36H,8-9,12-13,15-18H2/t27-,31-,32-,33+/m0/s1. The number of halogens is 1. The van der Waals surface area contributed by atoms with Crippen LogP contribution in [0.4, 0.5) is 0 Å². The van der Waals surface area contributed by atoms with E-state index in [9.17, 15) is 5.11 Å². The maximum atomic E-state index is 11.1. The van der Waals surface area contributed by atoms with Gasteiger partial charge in [0.25, 0.3) is 0 Å². The second-order valence-electron chi connectivity index (χ2n) is 12.3. The molecule has 0 radical (unpaired) electrons. The van der Waals surface area contributed by atoms with Crippen LogP contribution in [0.2, 0.25) is 5.02 Å². The lowest BCUT2D eigenvalue weighted by atomic mass is 9.49. The van der Waals surface area contributed by atoms with Gasteiger partial charge in [0, 0.05) is 40.5 Å². The number of rotatable bonds is 5. The Morgan fingerprint density at radius 1 is 1.08 bits per heavy atom. The lowest BCUT2D eigenvalue weighted by Gasteiger charge is -2.64. The number of phenolic OH excluding ortho intramolecular Hbond substituents is 1. The van der Waals surface area contributed by atoms with Gasteiger partial charge in [-0.2, -0.15) is 0 Å². The Bertz CT molecular complexity index is 1660. The molecule has 1 aromatic heterocycles. The normalized spacial score (nSPS) is 30.2. The van der Waals surface area contributed by atoms with Gasteiger partial charge in [0.2, 0.25) is 0 Å². The molecule has 6 heteroatoms. The van der Waals surface area contributed by atoms with E-state index in [1.807, 2.05) is 36.4 Å². The molecule has 4 atom stereocenters. The smallest absolute Gasteiger partial charge is 0.169 e. The molecule has 3 aromatic carbocycles. The SMILES string of the molecule is Oc1ccc2c3c1O[C@H]1c4oc5ccccc5c4C[C@@]4(OCc5cccc(Cl)c5)[C@H](C2)N(CC2CC2)CC[C@]314. The van der Waals surface area contributed by atoms with E-state index < -0.39 is 11.0 Å². The molecule has 3 aliphatic carbocycles. The topological polar surface area (TPSA) is 55.1 Å². The van der Waals surface area contributed by atoms with Crippen molar-refractivity contribution in [2.24, 2.45) is 5.92 Å². The second kappa shape index (κ2) is 7.81. The highest BCUT2D eigenvalue weighted by Gasteiger charge is 2.74. The third-order valence-corrected chi connectivity index (χ3v) is 10.5. The maximum absolute atomic E-state index is 11.1. The van der Waals surface area contributed by atoms with Crippen LogP contribution < -0.4 is 4.74 Å². The van der Waals surface area contributed by atoms with Crippen LogP contribution >= 0.6 is 11.6 Å². The first-order chi connectivity index (χ1) is 19.1. The summed E-state index contributed by atoms with van der Waals surface area (Å²) in [6.07, 6.45) is 4.83. The Morgan fingerprint density at radius 3 is 2.85 bits per heavy atom. The summed E-state index contributed by atoms with van der Waals surface area (Å²) in [6.45, 7) is 2.58. The number of hydrogen-bond acceptors (Lipinski definition) is 5. The fraction of sp³-hybridized carbons (Fsp3) is 0.394. The molecule has 1 spiro atoms. The van der Waals surface area contributed by atoms with Gasteiger partial charge in [0.05, 0.1) is 12.0 Å². The van der Waals surface area contributed by atoms with Crippen LogP contribution in [-0.2, 0) is 29.6 Å². The van der Waals surface area contributed by atoms with Crippen molar-refractivity contribution in [1.29, 1.82) is 0 Å². The van der Waals surface area contributed by atoms with Crippen LogP contribution in [0.3, 0.4) is 0 Å². The van der Waals surface area contributed by atoms with E-state index in [4.69, 9.17) is 25.5 Å². The van der Waals surface area contributed by atoms with Crippen LogP contribution in [0, 0.1) is 5.92 Å². The monoisotopic (exact) mass is 539 g/mol. The summed E-state index contributed by atoms with van der Waals surface area (Å²) in [5.74, 6) is 2.51. The number of nitrogens with zero attached hydrogens (tertiary/aromatic N) is 1. The lowest BCUT2D eigenvalue weighted by Crippen LogP contribution is -2.75. The number of para-hydroxylation sites is 1. The highest BCUT2D eigenvalue weighted by atomic mass is 35.5. The number of hydrogen-bond donors (Lipinski definition) is 1. The minimum Gasteiger partial charge on any atom is -0.504 e. The largest absolute Gasteiger partial charge is 0.504 e. The average molecular weight is 540 g/mol. The number of fused-ring (bicyclic) bond motifs is 4. The van der Waals surface area contributed by atoms with E-state index in [0.29, 0.717) is 12.4 Å². The number of furan rings is 1. The predicted octanol–water partition coefficient (Wildman–Crippen LogP) is 6.72. The molecule has 2 fully saturated rings. The van der Waals surface area contributed by atoms with Crippen LogP contribution in [0.15, 0.2) is 65.1 Å². The molecule has 0 unspecified atom stereocenters. The molecule has 2 bridgehead atoms. The average Bonchev–Trinajstić information content (AvgIpc) is 3.58. The zero-order valence-corrected chi connectivity index (χ0v) is 22.4. The minimum absolute atomic E-state index is 0.196. The molecule has 198 valence electrons. The highest BCUT2D eigenvalue weighted by molar-refractivity contribution is 6.30. The molecule has 5 aliphatic rings. The molecule has 3 heterocycles. The van der Waals surface area contributed by atoms with Gasteiger partial charge in [-0.1, -0.05) is 48.0 Å². The molecule has 1 saturated carbocycles. The summed E-state index contributed by atoms with van der Waals surface area (Å²) in [5.41, 5.74) is 4.57. The maximum Gasteiger partial charge on any atom is 0.169 e. The molecule has 1 saturated heterocycles. The van der Waals surface area contributed by atoms with Gasteiger partial charge in [0.1, 0.15) is 16.9 Å². The fourth-order valence-electron chi connectivity index (χ4n) is 8.50. The van der Waals surface area contributed by atoms with Gasteiger partial charge in [-0.3, -0.25) is 4.90 Å². The number of ether oxygens (including phenoxy) is 2. The third-order valence-electron chi connectivity index (χ3n) is 10.3. The Kier molecular flexibility index (Phi) is 4.56. The van der Waals surface area contributed by atoms with Crippen molar-refractivity contribution >= 4 is 22.6 Å². The first-order valence-electron chi connectivity index (χ1n) is 14.2. The zero-order chi connectivity index (χ0) is 25.9. The lowest BCUT2D eigenvalue weighted by molar-refractivity contribution is -0.212. The summed E-state index contributed by atoms with van der Waals surface area (Å²) >= 11 is 6.39. The Balaban J connectivity index is 1.30. The molecule has 1 N–H and O–H groups in total. The summed E-state index contributed by atoms with van der Waals surface area (Å²) < 4.78 is 20.8. The summed E-state index contributed by atoms with van der Waals surface area (Å²) in [6, 6.07) is 20.4. The van der Waals surface area contributed by atoms with Crippen molar-refractivity contribution in [3.63, 3.8) is 0 Å². The van der Waals surface area contributed by atoms with Crippen molar-refractivity contribution in [2.45, 2.75) is 61.9 Å². The van der Waals surface area contributed by atoms with Gasteiger partial charge >= 0.3 is 0 Å². The Labute approximate surface area is 232 Å². The molecule has 0 amide bonds. The number of likely N-dealkylation sites (tertiary alicyclic amines) is 1. The Morgan fingerprint density at radius 2 is 1.97 bits per heavy atom. The van der Waals surface area contributed by atoms with Crippen LogP contribution in [0.25, 0.3) is 11.0 Å². The fourth-order valence-corrected chi connectivity index (χ4v) is 8.72. The molecule has 9 rings (SSSR count). The highest BCUT2D eigenvalue weighted by Crippen LogP contribution is 2.70. The van der Waals surface area contributed by atoms with Gasteiger partial charge in [-0.05, 0) is 73.5 Å². The van der Waals surface area contributed by atoms with Gasteiger partial charge in [-0.15, -0.1) is 0 Å². The third kappa shape index (κ3) is 2.93. The number of phenols is 1. The predicted molar refractivity (Wildman–Crippen MR) is 148 cm³/mol. The number of piperidine rings is 1. The molecular formula is C33H30ClNO4. The number of aromatic hydroxyl groups is 1. The van der Waals surface area contributed by atoms with Gasteiger partial charge in [-0.25, -0.2) is 0 Å². The van der Waals surface area contributed by atoms with E-state index >= 15 is 0 Å². The summed E-state index contributed by atoms with van der Waals surface area (Å²) in [5, 5.41) is 12.9. The Hall–Kier alpha value is -2.99. The van der Waals surface area contributed by atoms with Crippen molar-refractivity contribution < 1.29 is 19.0 Å². The van der Waals surface area contributed by atoms with E-state index in [1.54, 1.807) is 0 Å². The number of benzene rings is 3. The van der Waals surface area contributed by atoms with E-state index in [1.165, 1.54) is 24.0 Å². The second-order valence-corrected chi connectivity index (χ2v) is 12.7. The van der Waals surface area contributed by atoms with Gasteiger partial charge in [0.15, 0.2) is 17.6 Å². The van der Waals surface area contributed by atoms with E-state index in [2.05, 4.69) is 29.2 Å². The van der Waals surface area contributed by atoms with Crippen molar-refractivity contribution in [1.82, 2.24) is 4.90 Å². The quantitative estimate of drug-likeness (QED) is 0.305.